The third kappa shape index (κ3) is 3.18. The normalized spacial score (nSPS) is 11.0. The maximum absolute atomic E-state index is 5.38. The molecule has 122 valence electrons. The molecule has 0 unspecified atom stereocenters. The van der Waals surface area contributed by atoms with Crippen LogP contribution in [0.1, 0.15) is 11.1 Å². The lowest BCUT2D eigenvalue weighted by Crippen LogP contribution is -1.95. The molecule has 4 nitrogen and oxygen atoms in total. The number of ether oxygens (including phenoxy) is 3. The highest BCUT2D eigenvalue weighted by Crippen LogP contribution is 2.38. The van der Waals surface area contributed by atoms with Crippen LogP contribution in [0, 0.1) is 0 Å². The number of pyridine rings is 1. The summed E-state index contributed by atoms with van der Waals surface area (Å²) in [6.45, 7) is 0. The van der Waals surface area contributed by atoms with Gasteiger partial charge in [0.1, 0.15) is 0 Å². The van der Waals surface area contributed by atoms with Gasteiger partial charge < -0.3 is 14.2 Å². The van der Waals surface area contributed by atoms with Crippen molar-refractivity contribution in [3.8, 4) is 17.2 Å². The second-order valence-electron chi connectivity index (χ2n) is 5.25. The zero-order valence-electron chi connectivity index (χ0n) is 13.9. The Labute approximate surface area is 141 Å². The van der Waals surface area contributed by atoms with E-state index in [9.17, 15) is 0 Å². The molecule has 0 amide bonds. The van der Waals surface area contributed by atoms with Crippen LogP contribution in [0.5, 0.6) is 17.2 Å². The van der Waals surface area contributed by atoms with Crippen LogP contribution in [0.3, 0.4) is 0 Å². The van der Waals surface area contributed by atoms with Gasteiger partial charge >= 0.3 is 0 Å². The molecular formula is C20H19NO3. The van der Waals surface area contributed by atoms with Crippen molar-refractivity contribution in [2.45, 2.75) is 0 Å². The van der Waals surface area contributed by atoms with Crippen LogP contribution >= 0.6 is 0 Å². The number of hydrogen-bond acceptors (Lipinski definition) is 4. The summed E-state index contributed by atoms with van der Waals surface area (Å²) in [4.78, 5) is 4.47. The molecule has 0 atom stereocenters. The van der Waals surface area contributed by atoms with Gasteiger partial charge in [0.2, 0.25) is 5.75 Å². The molecule has 0 saturated carbocycles. The van der Waals surface area contributed by atoms with E-state index in [2.05, 4.69) is 17.1 Å². The zero-order chi connectivity index (χ0) is 16.9. The Bertz CT molecular complexity index is 862. The Morgan fingerprint density at radius 3 is 2.12 bits per heavy atom. The molecule has 1 heterocycles. The minimum absolute atomic E-state index is 0.588. The van der Waals surface area contributed by atoms with Crippen LogP contribution in [0.25, 0.3) is 23.1 Å². The number of rotatable bonds is 5. The van der Waals surface area contributed by atoms with Crippen LogP contribution in [0.4, 0.5) is 0 Å². The first-order valence-electron chi connectivity index (χ1n) is 7.58. The first kappa shape index (κ1) is 15.9. The SMILES string of the molecule is COc1cc(/C=C/c2cnc3ccccc3c2)cc(OC)c1OC. The van der Waals surface area contributed by atoms with E-state index in [1.54, 1.807) is 21.3 Å². The summed E-state index contributed by atoms with van der Waals surface area (Å²) in [5, 5.41) is 1.12. The molecule has 0 bridgehead atoms. The number of aromatic nitrogens is 1. The summed E-state index contributed by atoms with van der Waals surface area (Å²) in [5.41, 5.74) is 2.97. The lowest BCUT2D eigenvalue weighted by Gasteiger charge is -2.12. The summed E-state index contributed by atoms with van der Waals surface area (Å²) in [7, 11) is 4.81. The molecule has 3 rings (SSSR count). The molecular weight excluding hydrogens is 302 g/mol. The van der Waals surface area contributed by atoms with Gasteiger partial charge in [-0.25, -0.2) is 0 Å². The number of hydrogen-bond donors (Lipinski definition) is 0. The lowest BCUT2D eigenvalue weighted by molar-refractivity contribution is 0.324. The fourth-order valence-electron chi connectivity index (χ4n) is 2.57. The van der Waals surface area contributed by atoms with Crippen molar-refractivity contribution in [3.63, 3.8) is 0 Å². The lowest BCUT2D eigenvalue weighted by atomic mass is 10.1. The van der Waals surface area contributed by atoms with Crippen LogP contribution in [0.15, 0.2) is 48.7 Å². The monoisotopic (exact) mass is 321 g/mol. The predicted molar refractivity (Wildman–Crippen MR) is 96.8 cm³/mol. The van der Waals surface area contributed by atoms with Gasteiger partial charge in [0.25, 0.3) is 0 Å². The summed E-state index contributed by atoms with van der Waals surface area (Å²) >= 11 is 0. The molecule has 0 spiro atoms. The number of methoxy groups -OCH3 is 3. The summed E-state index contributed by atoms with van der Waals surface area (Å²) in [6, 6.07) is 14.0. The number of benzene rings is 2. The highest BCUT2D eigenvalue weighted by Gasteiger charge is 2.11. The highest BCUT2D eigenvalue weighted by atomic mass is 16.5. The summed E-state index contributed by atoms with van der Waals surface area (Å²) in [6.07, 6.45) is 5.87. The minimum Gasteiger partial charge on any atom is -0.493 e. The summed E-state index contributed by atoms with van der Waals surface area (Å²) < 4.78 is 16.1. The third-order valence-electron chi connectivity index (χ3n) is 3.77. The molecule has 3 aromatic rings. The Hall–Kier alpha value is -3.01. The Kier molecular flexibility index (Phi) is 4.66. The van der Waals surface area contributed by atoms with E-state index >= 15 is 0 Å². The molecule has 0 aliphatic rings. The van der Waals surface area contributed by atoms with Crippen LogP contribution in [-0.2, 0) is 0 Å². The van der Waals surface area contributed by atoms with Crippen molar-refractivity contribution < 1.29 is 14.2 Å². The molecule has 24 heavy (non-hydrogen) atoms. The standard InChI is InChI=1S/C20H19NO3/c1-22-18-11-14(12-19(23-2)20(18)24-3)8-9-15-10-16-6-4-5-7-17(16)21-13-15/h4-13H,1-3H3/b9-8+. The van der Waals surface area contributed by atoms with Crippen molar-refractivity contribution in [2.75, 3.05) is 21.3 Å². The maximum Gasteiger partial charge on any atom is 0.203 e. The van der Waals surface area contributed by atoms with Gasteiger partial charge in [-0.3, -0.25) is 4.98 Å². The average Bonchev–Trinajstić information content (AvgIpc) is 2.65. The third-order valence-corrected chi connectivity index (χ3v) is 3.77. The number of para-hydroxylation sites is 1. The summed E-state index contributed by atoms with van der Waals surface area (Å²) in [5.74, 6) is 1.85. The van der Waals surface area contributed by atoms with Crippen molar-refractivity contribution >= 4 is 23.1 Å². The van der Waals surface area contributed by atoms with E-state index in [1.165, 1.54) is 0 Å². The van der Waals surface area contributed by atoms with Gasteiger partial charge in [-0.05, 0) is 35.4 Å². The topological polar surface area (TPSA) is 40.6 Å². The van der Waals surface area contributed by atoms with Gasteiger partial charge in [0.15, 0.2) is 11.5 Å². The molecule has 0 radical (unpaired) electrons. The second kappa shape index (κ2) is 7.04. The largest absolute Gasteiger partial charge is 0.493 e. The molecule has 2 aromatic carbocycles. The molecule has 1 aromatic heterocycles. The van der Waals surface area contributed by atoms with E-state index in [-0.39, 0.29) is 0 Å². The van der Waals surface area contributed by atoms with E-state index in [0.29, 0.717) is 17.2 Å². The highest BCUT2D eigenvalue weighted by molar-refractivity contribution is 5.82. The number of nitrogens with zero attached hydrogens (tertiary/aromatic N) is 1. The Balaban J connectivity index is 1.95. The molecule has 4 heteroatoms. The fourth-order valence-corrected chi connectivity index (χ4v) is 2.57. The van der Waals surface area contributed by atoms with Crippen molar-refractivity contribution in [3.05, 3.63) is 59.8 Å². The predicted octanol–water partition coefficient (Wildman–Crippen LogP) is 4.43. The van der Waals surface area contributed by atoms with Crippen molar-refractivity contribution in [1.82, 2.24) is 4.98 Å². The molecule has 0 aliphatic carbocycles. The van der Waals surface area contributed by atoms with Crippen LogP contribution in [-0.4, -0.2) is 26.3 Å². The van der Waals surface area contributed by atoms with Gasteiger partial charge in [0.05, 0.1) is 26.8 Å². The smallest absolute Gasteiger partial charge is 0.203 e. The second-order valence-corrected chi connectivity index (χ2v) is 5.25. The Morgan fingerprint density at radius 1 is 0.792 bits per heavy atom. The van der Waals surface area contributed by atoms with Gasteiger partial charge in [-0.15, -0.1) is 0 Å². The molecule has 0 saturated heterocycles. The van der Waals surface area contributed by atoms with Crippen LogP contribution < -0.4 is 14.2 Å². The minimum atomic E-state index is 0.588. The fraction of sp³-hybridized carbons (Fsp3) is 0.150. The van der Waals surface area contributed by atoms with Crippen LogP contribution in [0.2, 0.25) is 0 Å². The molecule has 0 N–H and O–H groups in total. The zero-order valence-corrected chi connectivity index (χ0v) is 13.9. The van der Waals surface area contributed by atoms with E-state index in [1.807, 2.05) is 48.7 Å². The quantitative estimate of drug-likeness (QED) is 0.697. The maximum atomic E-state index is 5.38. The van der Waals surface area contributed by atoms with Gasteiger partial charge in [-0.1, -0.05) is 30.4 Å². The first-order chi connectivity index (χ1) is 11.7. The molecule has 0 fully saturated rings. The van der Waals surface area contributed by atoms with E-state index < -0.39 is 0 Å². The molecule has 0 aliphatic heterocycles. The first-order valence-corrected chi connectivity index (χ1v) is 7.58. The average molecular weight is 321 g/mol. The van der Waals surface area contributed by atoms with Crippen molar-refractivity contribution in [2.24, 2.45) is 0 Å². The van der Waals surface area contributed by atoms with E-state index in [4.69, 9.17) is 14.2 Å². The van der Waals surface area contributed by atoms with E-state index in [0.717, 1.165) is 22.0 Å². The van der Waals surface area contributed by atoms with Crippen molar-refractivity contribution in [1.29, 1.82) is 0 Å². The van der Waals surface area contributed by atoms with Gasteiger partial charge in [0, 0.05) is 11.6 Å². The Morgan fingerprint density at radius 2 is 1.46 bits per heavy atom. The van der Waals surface area contributed by atoms with Gasteiger partial charge in [-0.2, -0.15) is 0 Å². The number of fused-ring (bicyclic) bond motifs is 1.